The maximum Gasteiger partial charge on any atom is 0.267 e. The molecule has 1 saturated heterocycles. The van der Waals surface area contributed by atoms with E-state index in [-0.39, 0.29) is 35.8 Å². The minimum absolute atomic E-state index is 0.00802. The van der Waals surface area contributed by atoms with E-state index in [1.165, 1.54) is 12.1 Å². The monoisotopic (exact) mass is 520 g/mol. The number of sulfonamides is 1. The maximum atomic E-state index is 15.0. The number of benzene rings is 3. The van der Waals surface area contributed by atoms with Crippen LogP contribution in [0.15, 0.2) is 72.8 Å². The number of hydrogen-bond donors (Lipinski definition) is 1. The number of nitrogens with one attached hydrogen (secondary N) is 1. The molecular formula is C29H29FN2O4S. The average Bonchev–Trinajstić information content (AvgIpc) is 3.67. The Balaban J connectivity index is 1.40. The van der Waals surface area contributed by atoms with Gasteiger partial charge >= 0.3 is 0 Å². The lowest BCUT2D eigenvalue weighted by atomic mass is 9.79. The third-order valence-corrected chi connectivity index (χ3v) is 7.76. The Bertz CT molecular complexity index is 1380. The fourth-order valence-corrected chi connectivity index (χ4v) is 5.69. The maximum absolute atomic E-state index is 15.0. The Morgan fingerprint density at radius 2 is 1.57 bits per heavy atom. The van der Waals surface area contributed by atoms with Crippen molar-refractivity contribution in [2.24, 2.45) is 0 Å². The van der Waals surface area contributed by atoms with Gasteiger partial charge in [0.1, 0.15) is 5.82 Å². The van der Waals surface area contributed by atoms with Crippen LogP contribution in [0.1, 0.15) is 63.7 Å². The molecule has 192 valence electrons. The van der Waals surface area contributed by atoms with Crippen LogP contribution in [0.2, 0.25) is 0 Å². The van der Waals surface area contributed by atoms with Gasteiger partial charge in [0, 0.05) is 18.5 Å². The van der Waals surface area contributed by atoms with E-state index in [9.17, 15) is 22.4 Å². The van der Waals surface area contributed by atoms with Gasteiger partial charge in [0.25, 0.3) is 5.91 Å². The van der Waals surface area contributed by atoms with E-state index in [0.717, 1.165) is 42.2 Å². The normalized spacial score (nSPS) is 17.4. The van der Waals surface area contributed by atoms with Crippen molar-refractivity contribution in [3.05, 3.63) is 106 Å². The van der Waals surface area contributed by atoms with Crippen molar-refractivity contribution in [1.29, 1.82) is 0 Å². The van der Waals surface area contributed by atoms with Gasteiger partial charge in [-0.15, -0.1) is 0 Å². The first-order valence-corrected chi connectivity index (χ1v) is 14.3. The molecule has 8 heteroatoms. The molecule has 2 fully saturated rings. The van der Waals surface area contributed by atoms with Crippen LogP contribution in [0.4, 0.5) is 4.39 Å². The van der Waals surface area contributed by atoms with E-state index in [2.05, 4.69) is 24.3 Å². The number of rotatable bonds is 8. The Morgan fingerprint density at radius 3 is 2.05 bits per heavy atom. The number of nitrogens with zero attached hydrogens (tertiary/aromatic N) is 1. The van der Waals surface area contributed by atoms with Crippen molar-refractivity contribution in [2.45, 2.75) is 43.6 Å². The summed E-state index contributed by atoms with van der Waals surface area (Å²) in [6, 6.07) is 22.9. The summed E-state index contributed by atoms with van der Waals surface area (Å²) in [6.07, 6.45) is 3.52. The molecule has 2 amide bonds. The molecule has 1 N–H and O–H groups in total. The van der Waals surface area contributed by atoms with Crippen LogP contribution in [0.5, 0.6) is 0 Å². The van der Waals surface area contributed by atoms with Gasteiger partial charge in [0.15, 0.2) is 0 Å². The van der Waals surface area contributed by atoms with Gasteiger partial charge in [-0.05, 0) is 59.6 Å². The molecule has 1 heterocycles. The topological polar surface area (TPSA) is 83.5 Å². The van der Waals surface area contributed by atoms with E-state index in [1.54, 1.807) is 0 Å². The summed E-state index contributed by atoms with van der Waals surface area (Å²) in [7, 11) is -3.83. The lowest BCUT2D eigenvalue weighted by molar-refractivity contribution is -0.138. The first-order chi connectivity index (χ1) is 17.7. The zero-order chi connectivity index (χ0) is 26.2. The van der Waals surface area contributed by atoms with Crippen LogP contribution in [-0.2, 0) is 21.2 Å². The second-order valence-electron chi connectivity index (χ2n) is 9.93. The summed E-state index contributed by atoms with van der Waals surface area (Å²) >= 11 is 0. The highest BCUT2D eigenvalue weighted by Gasteiger charge is 2.40. The SMILES string of the molecule is CS(=O)(=O)NC(=O)c1cc(C2CC2)c(CC(=O)N2CCC2C(c2ccccc2)c2ccccc2)cc1F. The van der Waals surface area contributed by atoms with Crippen LogP contribution < -0.4 is 4.72 Å². The zero-order valence-electron chi connectivity index (χ0n) is 20.6. The number of carbonyl (C=O) groups excluding carboxylic acids is 2. The van der Waals surface area contributed by atoms with E-state index in [1.807, 2.05) is 46.0 Å². The Kier molecular flexibility index (Phi) is 6.86. The molecule has 1 atom stereocenters. The van der Waals surface area contributed by atoms with E-state index < -0.39 is 21.7 Å². The fourth-order valence-electron chi connectivity index (χ4n) is 5.24. The Labute approximate surface area is 216 Å². The highest BCUT2D eigenvalue weighted by Crippen LogP contribution is 2.43. The quantitative estimate of drug-likeness (QED) is 0.478. The predicted molar refractivity (Wildman–Crippen MR) is 139 cm³/mol. The molecule has 1 aliphatic carbocycles. The van der Waals surface area contributed by atoms with Crippen molar-refractivity contribution in [1.82, 2.24) is 9.62 Å². The Morgan fingerprint density at radius 1 is 0.973 bits per heavy atom. The van der Waals surface area contributed by atoms with Crippen LogP contribution in [0, 0.1) is 5.82 Å². The third-order valence-electron chi connectivity index (χ3n) is 7.20. The number of carbonyl (C=O) groups is 2. The molecule has 0 radical (unpaired) electrons. The molecule has 1 aliphatic heterocycles. The molecule has 1 saturated carbocycles. The number of amides is 2. The van der Waals surface area contributed by atoms with Gasteiger partial charge < -0.3 is 4.90 Å². The van der Waals surface area contributed by atoms with E-state index >= 15 is 0 Å². The second kappa shape index (κ2) is 10.1. The van der Waals surface area contributed by atoms with Crippen molar-refractivity contribution in [3.63, 3.8) is 0 Å². The summed E-state index contributed by atoms with van der Waals surface area (Å²) in [5.74, 6) is -1.75. The zero-order valence-corrected chi connectivity index (χ0v) is 21.4. The minimum atomic E-state index is -3.83. The molecule has 37 heavy (non-hydrogen) atoms. The van der Waals surface area contributed by atoms with Gasteiger partial charge in [-0.3, -0.25) is 9.59 Å². The number of halogens is 1. The number of hydrogen-bond acceptors (Lipinski definition) is 4. The number of likely N-dealkylation sites (tertiary alicyclic amines) is 1. The minimum Gasteiger partial charge on any atom is -0.338 e. The second-order valence-corrected chi connectivity index (χ2v) is 11.7. The standard InChI is InChI=1S/C29H29FN2O4S/c1-37(35,36)31-29(34)24-18-23(19-12-13-19)22(16-25(24)30)17-27(33)32-15-14-26(32)28(20-8-4-2-5-9-20)21-10-6-3-7-11-21/h2-11,16,18-19,26,28H,12-15,17H2,1H3,(H,31,34). The molecule has 2 aliphatic rings. The summed E-state index contributed by atoms with van der Waals surface area (Å²) in [5.41, 5.74) is 3.26. The highest BCUT2D eigenvalue weighted by atomic mass is 32.2. The van der Waals surface area contributed by atoms with E-state index in [0.29, 0.717) is 12.1 Å². The molecule has 3 aromatic rings. The van der Waals surface area contributed by atoms with Gasteiger partial charge in [-0.1, -0.05) is 60.7 Å². The largest absolute Gasteiger partial charge is 0.338 e. The summed E-state index contributed by atoms with van der Waals surface area (Å²) in [6.45, 7) is 0.635. The molecule has 6 nitrogen and oxygen atoms in total. The first kappa shape index (κ1) is 25.1. The summed E-state index contributed by atoms with van der Waals surface area (Å²) in [5, 5.41) is 0. The Hall–Kier alpha value is -3.52. The highest BCUT2D eigenvalue weighted by molar-refractivity contribution is 7.89. The van der Waals surface area contributed by atoms with Gasteiger partial charge in [-0.2, -0.15) is 0 Å². The van der Waals surface area contributed by atoms with E-state index in [4.69, 9.17) is 0 Å². The van der Waals surface area contributed by atoms with Gasteiger partial charge in [-0.25, -0.2) is 17.5 Å². The smallest absolute Gasteiger partial charge is 0.267 e. The molecule has 0 spiro atoms. The molecule has 5 rings (SSSR count). The lowest BCUT2D eigenvalue weighted by Gasteiger charge is -2.46. The van der Waals surface area contributed by atoms with Crippen LogP contribution >= 0.6 is 0 Å². The van der Waals surface area contributed by atoms with Crippen molar-refractivity contribution < 1.29 is 22.4 Å². The van der Waals surface area contributed by atoms with Gasteiger partial charge in [0.2, 0.25) is 15.9 Å². The predicted octanol–water partition coefficient (Wildman–Crippen LogP) is 4.37. The molecule has 3 aromatic carbocycles. The summed E-state index contributed by atoms with van der Waals surface area (Å²) < 4.78 is 39.7. The lowest BCUT2D eigenvalue weighted by Crippen LogP contribution is -2.54. The van der Waals surface area contributed by atoms with Crippen molar-refractivity contribution in [3.8, 4) is 0 Å². The van der Waals surface area contributed by atoms with Crippen molar-refractivity contribution >= 4 is 21.8 Å². The third kappa shape index (κ3) is 5.59. The average molecular weight is 521 g/mol. The molecule has 0 aromatic heterocycles. The first-order valence-electron chi connectivity index (χ1n) is 12.4. The molecule has 1 unspecified atom stereocenters. The van der Waals surface area contributed by atoms with Crippen LogP contribution in [0.25, 0.3) is 0 Å². The van der Waals surface area contributed by atoms with Crippen LogP contribution in [-0.4, -0.2) is 44.0 Å². The molecular weight excluding hydrogens is 491 g/mol. The summed E-state index contributed by atoms with van der Waals surface area (Å²) in [4.78, 5) is 27.8. The van der Waals surface area contributed by atoms with Crippen LogP contribution in [0.3, 0.4) is 0 Å². The molecule has 0 bridgehead atoms. The van der Waals surface area contributed by atoms with Crippen molar-refractivity contribution in [2.75, 3.05) is 12.8 Å². The fraction of sp³-hybridized carbons (Fsp3) is 0.310. The van der Waals surface area contributed by atoms with Gasteiger partial charge in [0.05, 0.1) is 18.2 Å².